The molecule has 0 aliphatic heterocycles. The molecule has 1 saturated carbocycles. The van der Waals surface area contributed by atoms with Gasteiger partial charge in [0.25, 0.3) is 0 Å². The van der Waals surface area contributed by atoms with Crippen molar-refractivity contribution >= 4 is 17.3 Å². The number of rotatable bonds is 5. The number of tetrazole rings is 1. The summed E-state index contributed by atoms with van der Waals surface area (Å²) in [5.41, 5.74) is 7.49. The Hall–Kier alpha value is -1.62. The Labute approximate surface area is 123 Å². The van der Waals surface area contributed by atoms with Gasteiger partial charge in [0, 0.05) is 16.3 Å². The maximum Gasteiger partial charge on any atom is 0.184 e. The molecule has 6 heteroatoms. The standard InChI is InChI=1S/C14H18ClN5/c1-2-11(7-9-3-4-9)20-14(17-18-19-20)12-6-5-10(15)8-13(12)16/h5-6,8-9,11H,2-4,7,16H2,1H3. The van der Waals surface area contributed by atoms with Crippen LogP contribution >= 0.6 is 11.6 Å². The second kappa shape index (κ2) is 5.40. The van der Waals surface area contributed by atoms with E-state index in [2.05, 4.69) is 22.4 Å². The molecule has 1 aliphatic carbocycles. The quantitative estimate of drug-likeness (QED) is 0.858. The fraction of sp³-hybridized carbons (Fsp3) is 0.500. The third-order valence-electron chi connectivity index (χ3n) is 3.87. The van der Waals surface area contributed by atoms with Crippen molar-refractivity contribution in [1.82, 2.24) is 20.2 Å². The summed E-state index contributed by atoms with van der Waals surface area (Å²) in [7, 11) is 0. The lowest BCUT2D eigenvalue weighted by Gasteiger charge is -2.16. The minimum absolute atomic E-state index is 0.336. The summed E-state index contributed by atoms with van der Waals surface area (Å²) in [6.45, 7) is 2.17. The first-order valence-corrected chi connectivity index (χ1v) is 7.40. The summed E-state index contributed by atoms with van der Waals surface area (Å²) in [5.74, 6) is 1.56. The Bertz CT molecular complexity index is 605. The Balaban J connectivity index is 1.95. The highest BCUT2D eigenvalue weighted by molar-refractivity contribution is 6.31. The minimum atomic E-state index is 0.336. The van der Waals surface area contributed by atoms with Gasteiger partial charge in [-0.15, -0.1) is 5.10 Å². The molecule has 0 radical (unpaired) electrons. The van der Waals surface area contributed by atoms with Crippen LogP contribution in [0.1, 0.15) is 38.6 Å². The second-order valence-electron chi connectivity index (χ2n) is 5.42. The molecular weight excluding hydrogens is 274 g/mol. The maximum atomic E-state index is 6.04. The number of aromatic nitrogens is 4. The molecule has 0 bridgehead atoms. The van der Waals surface area contributed by atoms with Gasteiger partial charge in [-0.2, -0.15) is 0 Å². The third kappa shape index (κ3) is 2.63. The molecule has 3 rings (SSSR count). The molecule has 2 N–H and O–H groups in total. The van der Waals surface area contributed by atoms with Crippen LogP contribution < -0.4 is 5.73 Å². The first-order valence-electron chi connectivity index (χ1n) is 7.02. The minimum Gasteiger partial charge on any atom is -0.398 e. The zero-order chi connectivity index (χ0) is 14.1. The molecule has 2 aromatic rings. The lowest BCUT2D eigenvalue weighted by molar-refractivity contribution is 0.389. The number of halogens is 1. The van der Waals surface area contributed by atoms with E-state index < -0.39 is 0 Å². The first kappa shape index (κ1) is 13.4. The largest absolute Gasteiger partial charge is 0.398 e. The number of hydrogen-bond donors (Lipinski definition) is 1. The zero-order valence-electron chi connectivity index (χ0n) is 11.5. The Morgan fingerprint density at radius 1 is 1.45 bits per heavy atom. The van der Waals surface area contributed by atoms with Crippen molar-refractivity contribution in [3.8, 4) is 11.4 Å². The topological polar surface area (TPSA) is 69.6 Å². The number of nitrogens with zero attached hydrogens (tertiary/aromatic N) is 4. The third-order valence-corrected chi connectivity index (χ3v) is 4.10. The van der Waals surface area contributed by atoms with Crippen LogP contribution in [-0.4, -0.2) is 20.2 Å². The van der Waals surface area contributed by atoms with Crippen LogP contribution in [0.3, 0.4) is 0 Å². The second-order valence-corrected chi connectivity index (χ2v) is 5.86. The lowest BCUT2D eigenvalue weighted by atomic mass is 10.1. The van der Waals surface area contributed by atoms with Crippen LogP contribution in [0.25, 0.3) is 11.4 Å². The molecule has 0 spiro atoms. The number of benzene rings is 1. The molecule has 0 amide bonds. The number of nitrogen functional groups attached to an aromatic ring is 1. The highest BCUT2D eigenvalue weighted by atomic mass is 35.5. The van der Waals surface area contributed by atoms with Crippen molar-refractivity contribution in [1.29, 1.82) is 0 Å². The molecule has 1 aromatic carbocycles. The van der Waals surface area contributed by atoms with Gasteiger partial charge >= 0.3 is 0 Å². The van der Waals surface area contributed by atoms with Gasteiger partial charge < -0.3 is 5.73 Å². The maximum absolute atomic E-state index is 6.04. The van der Waals surface area contributed by atoms with Crippen molar-refractivity contribution in [3.05, 3.63) is 23.2 Å². The molecule has 1 aromatic heterocycles. The molecule has 1 aliphatic rings. The molecule has 106 valence electrons. The average Bonchev–Trinajstić information content (AvgIpc) is 3.12. The van der Waals surface area contributed by atoms with Crippen LogP contribution in [0.5, 0.6) is 0 Å². The van der Waals surface area contributed by atoms with Crippen LogP contribution in [0.2, 0.25) is 5.02 Å². The van der Waals surface area contributed by atoms with Gasteiger partial charge in [-0.1, -0.05) is 31.4 Å². The van der Waals surface area contributed by atoms with E-state index in [-0.39, 0.29) is 0 Å². The predicted molar refractivity (Wildman–Crippen MR) is 79.3 cm³/mol. The summed E-state index contributed by atoms with van der Waals surface area (Å²) in [6, 6.07) is 5.76. The van der Waals surface area contributed by atoms with Crippen molar-refractivity contribution in [2.75, 3.05) is 5.73 Å². The summed E-state index contributed by atoms with van der Waals surface area (Å²) < 4.78 is 1.91. The highest BCUT2D eigenvalue weighted by Crippen LogP contribution is 2.39. The molecule has 0 saturated heterocycles. The van der Waals surface area contributed by atoms with Crippen LogP contribution in [0, 0.1) is 5.92 Å². The molecular formula is C14H18ClN5. The average molecular weight is 292 g/mol. The van der Waals surface area contributed by atoms with E-state index in [1.165, 1.54) is 12.8 Å². The number of anilines is 1. The molecule has 1 atom stereocenters. The summed E-state index contributed by atoms with van der Waals surface area (Å²) >= 11 is 5.95. The number of nitrogens with two attached hydrogens (primary N) is 1. The molecule has 1 heterocycles. The predicted octanol–water partition coefficient (Wildman–Crippen LogP) is 3.33. The fourth-order valence-electron chi connectivity index (χ4n) is 2.53. The normalized spacial score (nSPS) is 16.3. The van der Waals surface area contributed by atoms with Crippen molar-refractivity contribution in [3.63, 3.8) is 0 Å². The monoisotopic (exact) mass is 291 g/mol. The SMILES string of the molecule is CCC(CC1CC1)n1nnnc1-c1ccc(Cl)cc1N. The van der Waals surface area contributed by atoms with Gasteiger partial charge in [-0.3, -0.25) is 0 Å². The Morgan fingerprint density at radius 3 is 2.90 bits per heavy atom. The number of hydrogen-bond acceptors (Lipinski definition) is 4. The van der Waals surface area contributed by atoms with E-state index in [4.69, 9.17) is 17.3 Å². The van der Waals surface area contributed by atoms with E-state index in [1.807, 2.05) is 16.8 Å². The van der Waals surface area contributed by atoms with Crippen LogP contribution in [0.15, 0.2) is 18.2 Å². The molecule has 5 nitrogen and oxygen atoms in total. The van der Waals surface area contributed by atoms with E-state index >= 15 is 0 Å². The van der Waals surface area contributed by atoms with E-state index in [0.717, 1.165) is 30.1 Å². The molecule has 1 unspecified atom stereocenters. The smallest absolute Gasteiger partial charge is 0.184 e. The van der Waals surface area contributed by atoms with E-state index in [9.17, 15) is 0 Å². The van der Waals surface area contributed by atoms with E-state index in [0.29, 0.717) is 16.8 Å². The van der Waals surface area contributed by atoms with Crippen molar-refractivity contribution < 1.29 is 0 Å². The Morgan fingerprint density at radius 2 is 2.25 bits per heavy atom. The molecule has 1 fully saturated rings. The summed E-state index contributed by atoms with van der Waals surface area (Å²) in [5, 5.41) is 12.8. The summed E-state index contributed by atoms with van der Waals surface area (Å²) in [6.07, 6.45) is 4.82. The van der Waals surface area contributed by atoms with Gasteiger partial charge in [0.1, 0.15) is 0 Å². The van der Waals surface area contributed by atoms with Gasteiger partial charge in [0.15, 0.2) is 5.82 Å². The van der Waals surface area contributed by atoms with Crippen LogP contribution in [0.4, 0.5) is 5.69 Å². The van der Waals surface area contributed by atoms with E-state index in [1.54, 1.807) is 6.07 Å². The lowest BCUT2D eigenvalue weighted by Crippen LogP contribution is -2.13. The van der Waals surface area contributed by atoms with Gasteiger partial charge in [-0.05, 0) is 47.4 Å². The first-order chi connectivity index (χ1) is 9.69. The molecule has 20 heavy (non-hydrogen) atoms. The van der Waals surface area contributed by atoms with Crippen molar-refractivity contribution in [2.24, 2.45) is 5.92 Å². The fourth-order valence-corrected chi connectivity index (χ4v) is 2.71. The van der Waals surface area contributed by atoms with Crippen LogP contribution in [-0.2, 0) is 0 Å². The Kier molecular flexibility index (Phi) is 3.61. The van der Waals surface area contributed by atoms with Crippen molar-refractivity contribution in [2.45, 2.75) is 38.6 Å². The van der Waals surface area contributed by atoms with Gasteiger partial charge in [0.05, 0.1) is 6.04 Å². The van der Waals surface area contributed by atoms with Gasteiger partial charge in [0.2, 0.25) is 0 Å². The highest BCUT2D eigenvalue weighted by Gasteiger charge is 2.28. The zero-order valence-corrected chi connectivity index (χ0v) is 12.2. The summed E-state index contributed by atoms with van der Waals surface area (Å²) in [4.78, 5) is 0. The van der Waals surface area contributed by atoms with Gasteiger partial charge in [-0.25, -0.2) is 4.68 Å².